The van der Waals surface area contributed by atoms with Crippen molar-refractivity contribution in [2.24, 2.45) is 0 Å². The third kappa shape index (κ3) is 3.47. The minimum absolute atomic E-state index is 0.290. The summed E-state index contributed by atoms with van der Waals surface area (Å²) >= 11 is 0. The molecule has 1 rings (SSSR count). The van der Waals surface area contributed by atoms with E-state index in [1.807, 2.05) is 13.8 Å². The van der Waals surface area contributed by atoms with Gasteiger partial charge < -0.3 is 14.6 Å². The molecule has 0 aliphatic rings. The molecule has 0 saturated carbocycles. The molecular formula is C14H20O4. The first kappa shape index (κ1) is 14.5. The van der Waals surface area contributed by atoms with Crippen molar-refractivity contribution in [1.82, 2.24) is 0 Å². The molecule has 1 unspecified atom stereocenters. The summed E-state index contributed by atoms with van der Waals surface area (Å²) in [5.74, 6) is 0.858. The number of carbonyl (C=O) groups excluding carboxylic acids is 1. The van der Waals surface area contributed by atoms with Crippen molar-refractivity contribution >= 4 is 5.78 Å². The fraction of sp³-hybridized carbons (Fsp3) is 0.500. The summed E-state index contributed by atoms with van der Waals surface area (Å²) in [5, 5.41) is 9.55. The predicted octanol–water partition coefficient (Wildman–Crippen LogP) is 2.44. The van der Waals surface area contributed by atoms with E-state index in [2.05, 4.69) is 0 Å². The Bertz CT molecular complexity index is 401. The van der Waals surface area contributed by atoms with Crippen molar-refractivity contribution in [2.75, 3.05) is 13.2 Å². The van der Waals surface area contributed by atoms with E-state index in [0.717, 1.165) is 0 Å². The Morgan fingerprint density at radius 2 is 1.78 bits per heavy atom. The SMILES string of the molecule is CCOc1ccc(C(=O)C(O)CC)cc1OCC. The second-order valence-electron chi connectivity index (χ2n) is 3.82. The Balaban J connectivity index is 3.02. The molecule has 4 nitrogen and oxygen atoms in total. The van der Waals surface area contributed by atoms with Crippen LogP contribution in [0.5, 0.6) is 11.5 Å². The highest BCUT2D eigenvalue weighted by Crippen LogP contribution is 2.29. The van der Waals surface area contributed by atoms with Gasteiger partial charge in [-0.05, 0) is 38.5 Å². The molecule has 0 radical (unpaired) electrons. The van der Waals surface area contributed by atoms with Crippen LogP contribution in [0.3, 0.4) is 0 Å². The summed E-state index contributed by atoms with van der Waals surface area (Å²) in [4.78, 5) is 11.9. The summed E-state index contributed by atoms with van der Waals surface area (Å²) in [6, 6.07) is 4.97. The molecule has 1 aromatic carbocycles. The molecular weight excluding hydrogens is 232 g/mol. The van der Waals surface area contributed by atoms with Crippen LogP contribution in [0, 0.1) is 0 Å². The van der Waals surface area contributed by atoms with Gasteiger partial charge in [0.25, 0.3) is 0 Å². The summed E-state index contributed by atoms with van der Waals surface area (Å²) in [6.07, 6.45) is -0.562. The zero-order valence-electron chi connectivity index (χ0n) is 11.1. The van der Waals surface area contributed by atoms with Crippen molar-refractivity contribution in [3.05, 3.63) is 23.8 Å². The van der Waals surface area contributed by atoms with Crippen LogP contribution >= 0.6 is 0 Å². The third-order valence-corrected chi connectivity index (χ3v) is 2.52. The molecule has 0 heterocycles. The molecule has 1 aromatic rings. The van der Waals surface area contributed by atoms with Crippen LogP contribution < -0.4 is 9.47 Å². The van der Waals surface area contributed by atoms with Crippen molar-refractivity contribution in [2.45, 2.75) is 33.3 Å². The van der Waals surface area contributed by atoms with Gasteiger partial charge in [-0.25, -0.2) is 0 Å². The van der Waals surface area contributed by atoms with Crippen LogP contribution in [0.1, 0.15) is 37.6 Å². The van der Waals surface area contributed by atoms with Crippen molar-refractivity contribution in [1.29, 1.82) is 0 Å². The summed E-state index contributed by atoms with van der Waals surface area (Å²) in [5.41, 5.74) is 0.441. The van der Waals surface area contributed by atoms with Gasteiger partial charge in [-0.2, -0.15) is 0 Å². The minimum atomic E-state index is -0.961. The van der Waals surface area contributed by atoms with Gasteiger partial charge in [0, 0.05) is 5.56 Å². The molecule has 0 aromatic heterocycles. The van der Waals surface area contributed by atoms with Crippen LogP contribution in [0.25, 0.3) is 0 Å². The van der Waals surface area contributed by atoms with Gasteiger partial charge in [0.05, 0.1) is 13.2 Å². The molecule has 1 atom stereocenters. The first-order valence-electron chi connectivity index (χ1n) is 6.25. The Kier molecular flexibility index (Phi) is 5.65. The maximum Gasteiger partial charge on any atom is 0.191 e. The molecule has 0 bridgehead atoms. The summed E-state index contributed by atoms with van der Waals surface area (Å²) in [7, 11) is 0. The molecule has 0 spiro atoms. The lowest BCUT2D eigenvalue weighted by atomic mass is 10.0. The van der Waals surface area contributed by atoms with E-state index in [-0.39, 0.29) is 5.78 Å². The zero-order valence-corrected chi connectivity index (χ0v) is 11.1. The quantitative estimate of drug-likeness (QED) is 0.757. The Morgan fingerprint density at radius 3 is 2.33 bits per heavy atom. The highest BCUT2D eigenvalue weighted by Gasteiger charge is 2.17. The number of rotatable bonds is 7. The molecule has 0 saturated heterocycles. The second-order valence-corrected chi connectivity index (χ2v) is 3.82. The maximum atomic E-state index is 11.9. The highest BCUT2D eigenvalue weighted by molar-refractivity contribution is 5.99. The maximum absolute atomic E-state index is 11.9. The second kappa shape index (κ2) is 7.01. The molecule has 1 N–H and O–H groups in total. The van der Waals surface area contributed by atoms with Crippen LogP contribution in [-0.2, 0) is 0 Å². The van der Waals surface area contributed by atoms with Crippen LogP contribution in [0.4, 0.5) is 0 Å². The number of Topliss-reactive ketones (excluding diaryl/α,β-unsaturated/α-hetero) is 1. The number of benzene rings is 1. The standard InChI is InChI=1S/C14H20O4/c1-4-11(15)14(16)10-7-8-12(17-5-2)13(9-10)18-6-3/h7-9,11,15H,4-6H2,1-3H3. The zero-order chi connectivity index (χ0) is 13.5. The molecule has 0 amide bonds. The molecule has 4 heteroatoms. The Morgan fingerprint density at radius 1 is 1.17 bits per heavy atom. The van der Waals surface area contributed by atoms with Gasteiger partial charge in [-0.3, -0.25) is 4.79 Å². The first-order chi connectivity index (χ1) is 8.63. The van der Waals surface area contributed by atoms with Gasteiger partial charge in [0.15, 0.2) is 17.3 Å². The van der Waals surface area contributed by atoms with Gasteiger partial charge in [0.1, 0.15) is 6.10 Å². The molecule has 0 fully saturated rings. The molecule has 100 valence electrons. The van der Waals surface area contributed by atoms with Crippen molar-refractivity contribution < 1.29 is 19.4 Å². The van der Waals surface area contributed by atoms with Crippen molar-refractivity contribution in [3.8, 4) is 11.5 Å². The number of hydrogen-bond acceptors (Lipinski definition) is 4. The van der Waals surface area contributed by atoms with E-state index in [1.165, 1.54) is 0 Å². The Hall–Kier alpha value is -1.55. The summed E-state index contributed by atoms with van der Waals surface area (Å²) < 4.78 is 10.8. The number of carbonyl (C=O) groups is 1. The van der Waals surface area contributed by atoms with Gasteiger partial charge in [-0.15, -0.1) is 0 Å². The third-order valence-electron chi connectivity index (χ3n) is 2.52. The smallest absolute Gasteiger partial charge is 0.191 e. The number of ketones is 1. The van der Waals surface area contributed by atoms with Gasteiger partial charge in [0.2, 0.25) is 0 Å². The van der Waals surface area contributed by atoms with E-state index < -0.39 is 6.10 Å². The van der Waals surface area contributed by atoms with E-state index in [4.69, 9.17) is 9.47 Å². The highest BCUT2D eigenvalue weighted by atomic mass is 16.5. The van der Waals surface area contributed by atoms with E-state index >= 15 is 0 Å². The molecule has 0 aliphatic carbocycles. The predicted molar refractivity (Wildman–Crippen MR) is 69.4 cm³/mol. The summed E-state index contributed by atoms with van der Waals surface area (Å²) in [6.45, 7) is 6.54. The van der Waals surface area contributed by atoms with Gasteiger partial charge in [-0.1, -0.05) is 6.92 Å². The number of aliphatic hydroxyl groups is 1. The normalized spacial score (nSPS) is 12.0. The van der Waals surface area contributed by atoms with Crippen LogP contribution in [0.15, 0.2) is 18.2 Å². The minimum Gasteiger partial charge on any atom is -0.490 e. The largest absolute Gasteiger partial charge is 0.490 e. The van der Waals surface area contributed by atoms with E-state index in [9.17, 15) is 9.90 Å². The average Bonchev–Trinajstić information content (AvgIpc) is 2.39. The van der Waals surface area contributed by atoms with Crippen LogP contribution in [-0.4, -0.2) is 30.2 Å². The van der Waals surface area contributed by atoms with E-state index in [0.29, 0.717) is 36.7 Å². The fourth-order valence-corrected chi connectivity index (χ4v) is 1.58. The topological polar surface area (TPSA) is 55.8 Å². The average molecular weight is 252 g/mol. The number of aliphatic hydroxyl groups excluding tert-OH is 1. The van der Waals surface area contributed by atoms with Gasteiger partial charge >= 0.3 is 0 Å². The Labute approximate surface area is 108 Å². The van der Waals surface area contributed by atoms with Crippen molar-refractivity contribution in [3.63, 3.8) is 0 Å². The molecule has 0 aliphatic heterocycles. The van der Waals surface area contributed by atoms with Crippen LogP contribution in [0.2, 0.25) is 0 Å². The van der Waals surface area contributed by atoms with E-state index in [1.54, 1.807) is 25.1 Å². The monoisotopic (exact) mass is 252 g/mol. The number of ether oxygens (including phenoxy) is 2. The fourth-order valence-electron chi connectivity index (χ4n) is 1.58. The lowest BCUT2D eigenvalue weighted by molar-refractivity contribution is 0.0740. The first-order valence-corrected chi connectivity index (χ1v) is 6.25. The lowest BCUT2D eigenvalue weighted by Gasteiger charge is -2.13. The number of hydrogen-bond donors (Lipinski definition) is 1. The lowest BCUT2D eigenvalue weighted by Crippen LogP contribution is -2.19. The molecule has 18 heavy (non-hydrogen) atoms.